The number of rotatable bonds is 2. The summed E-state index contributed by atoms with van der Waals surface area (Å²) in [5, 5.41) is 8.35. The molecular weight excluding hydrogens is 214 g/mol. The molecule has 0 bridgehead atoms. The van der Waals surface area contributed by atoms with Gasteiger partial charge in [-0.15, -0.1) is 10.2 Å². The van der Waals surface area contributed by atoms with E-state index in [9.17, 15) is 0 Å². The first-order chi connectivity index (χ1) is 7.20. The second-order valence-electron chi connectivity index (χ2n) is 4.08. The van der Waals surface area contributed by atoms with Crippen LogP contribution in [0.3, 0.4) is 0 Å². The first-order valence-electron chi connectivity index (χ1n) is 5.35. The number of hydrogen-bond donors (Lipinski definition) is 0. The second kappa shape index (κ2) is 4.49. The van der Waals surface area contributed by atoms with Crippen LogP contribution in [0.2, 0.25) is 5.28 Å². The van der Waals surface area contributed by atoms with E-state index in [0.29, 0.717) is 17.2 Å². The van der Waals surface area contributed by atoms with Crippen LogP contribution < -0.4 is 0 Å². The van der Waals surface area contributed by atoms with Crippen molar-refractivity contribution >= 4 is 11.6 Å². The summed E-state index contributed by atoms with van der Waals surface area (Å²) in [5.41, 5.74) is 0. The van der Waals surface area contributed by atoms with Crippen LogP contribution in [-0.4, -0.2) is 28.0 Å². The highest BCUT2D eigenvalue weighted by Gasteiger charge is 2.24. The summed E-state index contributed by atoms with van der Waals surface area (Å²) >= 11 is 6.02. The Balaban J connectivity index is 2.15. The van der Waals surface area contributed by atoms with E-state index in [2.05, 4.69) is 17.1 Å². The fourth-order valence-electron chi connectivity index (χ4n) is 2.22. The van der Waals surface area contributed by atoms with Gasteiger partial charge in [0.1, 0.15) is 5.82 Å². The van der Waals surface area contributed by atoms with Crippen molar-refractivity contribution < 1.29 is 4.74 Å². The van der Waals surface area contributed by atoms with Gasteiger partial charge < -0.3 is 4.74 Å². The van der Waals surface area contributed by atoms with Crippen LogP contribution in [0, 0.1) is 12.8 Å². The summed E-state index contributed by atoms with van der Waals surface area (Å²) in [6.07, 6.45) is 2.18. The van der Waals surface area contributed by atoms with Gasteiger partial charge in [0.25, 0.3) is 0 Å². The van der Waals surface area contributed by atoms with Crippen LogP contribution in [0.4, 0.5) is 0 Å². The number of hydrogen-bond acceptors (Lipinski definition) is 3. The monoisotopic (exact) mass is 229 g/mol. The smallest absolute Gasteiger partial charge is 0.225 e. The molecule has 0 saturated carbocycles. The van der Waals surface area contributed by atoms with Gasteiger partial charge in [-0.1, -0.05) is 0 Å². The number of halogens is 1. The Bertz CT molecular complexity index is 314. The van der Waals surface area contributed by atoms with Gasteiger partial charge in [0.2, 0.25) is 5.28 Å². The molecule has 2 heterocycles. The molecule has 1 atom stereocenters. The molecule has 1 saturated heterocycles. The van der Waals surface area contributed by atoms with Crippen molar-refractivity contribution in [3.05, 3.63) is 11.1 Å². The predicted octanol–water partition coefficient (Wildman–Crippen LogP) is 2.23. The molecule has 0 aromatic carbocycles. The third-order valence-corrected chi connectivity index (χ3v) is 3.44. The van der Waals surface area contributed by atoms with Gasteiger partial charge in [-0.3, -0.25) is 4.57 Å². The molecule has 1 aliphatic rings. The highest BCUT2D eigenvalue weighted by atomic mass is 35.5. The van der Waals surface area contributed by atoms with E-state index in [1.54, 1.807) is 0 Å². The summed E-state index contributed by atoms with van der Waals surface area (Å²) in [5.74, 6) is 1.50. The molecule has 1 aromatic heterocycles. The van der Waals surface area contributed by atoms with Crippen molar-refractivity contribution in [3.63, 3.8) is 0 Å². The van der Waals surface area contributed by atoms with Gasteiger partial charge in [-0.25, -0.2) is 0 Å². The number of ether oxygens (including phenoxy) is 1. The first kappa shape index (κ1) is 10.9. The Morgan fingerprint density at radius 2 is 2.07 bits per heavy atom. The summed E-state index contributed by atoms with van der Waals surface area (Å²) < 4.78 is 7.37. The summed E-state index contributed by atoms with van der Waals surface area (Å²) in [6, 6.07) is 0.358. The van der Waals surface area contributed by atoms with Gasteiger partial charge >= 0.3 is 0 Å². The number of nitrogens with zero attached hydrogens (tertiary/aromatic N) is 3. The molecule has 1 aliphatic heterocycles. The zero-order valence-corrected chi connectivity index (χ0v) is 9.87. The van der Waals surface area contributed by atoms with Crippen molar-refractivity contribution in [2.24, 2.45) is 5.92 Å². The number of aryl methyl sites for hydroxylation is 1. The van der Waals surface area contributed by atoms with Crippen molar-refractivity contribution in [1.29, 1.82) is 0 Å². The average Bonchev–Trinajstić information content (AvgIpc) is 2.59. The Morgan fingerprint density at radius 3 is 2.60 bits per heavy atom. The van der Waals surface area contributed by atoms with Crippen LogP contribution >= 0.6 is 11.6 Å². The molecule has 84 valence electrons. The molecule has 0 radical (unpaired) electrons. The van der Waals surface area contributed by atoms with E-state index in [4.69, 9.17) is 16.3 Å². The van der Waals surface area contributed by atoms with Gasteiger partial charge in [0.05, 0.1) is 0 Å². The maximum absolute atomic E-state index is 6.02. The standard InChI is InChI=1S/C10H16ClN3O/c1-7(9-3-5-15-6-4-9)14-8(2)12-13-10(14)11/h7,9H,3-6H2,1-2H3. The van der Waals surface area contributed by atoms with Gasteiger partial charge in [-0.2, -0.15) is 0 Å². The molecule has 0 N–H and O–H groups in total. The van der Waals surface area contributed by atoms with E-state index in [1.807, 2.05) is 11.5 Å². The van der Waals surface area contributed by atoms with Crippen molar-refractivity contribution in [2.75, 3.05) is 13.2 Å². The van der Waals surface area contributed by atoms with Crippen LogP contribution in [0.5, 0.6) is 0 Å². The van der Waals surface area contributed by atoms with Gasteiger partial charge in [0, 0.05) is 19.3 Å². The van der Waals surface area contributed by atoms with E-state index >= 15 is 0 Å². The Kier molecular flexibility index (Phi) is 3.26. The zero-order chi connectivity index (χ0) is 10.8. The zero-order valence-electron chi connectivity index (χ0n) is 9.11. The average molecular weight is 230 g/mol. The van der Waals surface area contributed by atoms with Crippen molar-refractivity contribution in [2.45, 2.75) is 32.7 Å². The van der Waals surface area contributed by atoms with Gasteiger partial charge in [0.15, 0.2) is 0 Å². The molecule has 1 aromatic rings. The molecule has 0 amide bonds. The van der Waals surface area contributed by atoms with E-state index < -0.39 is 0 Å². The Labute approximate surface area is 94.6 Å². The van der Waals surface area contributed by atoms with Crippen molar-refractivity contribution in [3.8, 4) is 0 Å². The summed E-state index contributed by atoms with van der Waals surface area (Å²) in [4.78, 5) is 0. The minimum atomic E-state index is 0.358. The van der Waals surface area contributed by atoms with E-state index in [0.717, 1.165) is 31.9 Å². The molecular formula is C10H16ClN3O. The van der Waals surface area contributed by atoms with E-state index in [-0.39, 0.29) is 0 Å². The Morgan fingerprint density at radius 1 is 1.40 bits per heavy atom. The summed E-state index contributed by atoms with van der Waals surface area (Å²) in [6.45, 7) is 5.83. The molecule has 1 unspecified atom stereocenters. The second-order valence-corrected chi connectivity index (χ2v) is 4.41. The quantitative estimate of drug-likeness (QED) is 0.781. The normalized spacial score (nSPS) is 20.5. The Hall–Kier alpha value is -0.610. The minimum absolute atomic E-state index is 0.358. The molecule has 0 spiro atoms. The molecule has 4 nitrogen and oxygen atoms in total. The topological polar surface area (TPSA) is 39.9 Å². The fraction of sp³-hybridized carbons (Fsp3) is 0.800. The highest BCUT2D eigenvalue weighted by Crippen LogP contribution is 2.29. The molecule has 5 heteroatoms. The molecule has 15 heavy (non-hydrogen) atoms. The third kappa shape index (κ3) is 2.16. The predicted molar refractivity (Wildman–Crippen MR) is 58.0 cm³/mol. The maximum atomic E-state index is 6.02. The van der Waals surface area contributed by atoms with Gasteiger partial charge in [-0.05, 0) is 44.2 Å². The largest absolute Gasteiger partial charge is 0.381 e. The fourth-order valence-corrected chi connectivity index (χ4v) is 2.53. The molecule has 1 fully saturated rings. The van der Waals surface area contributed by atoms with Crippen LogP contribution in [-0.2, 0) is 4.74 Å². The highest BCUT2D eigenvalue weighted by molar-refractivity contribution is 6.28. The van der Waals surface area contributed by atoms with Crippen LogP contribution in [0.15, 0.2) is 0 Å². The van der Waals surface area contributed by atoms with Crippen LogP contribution in [0.1, 0.15) is 31.6 Å². The first-order valence-corrected chi connectivity index (χ1v) is 5.72. The lowest BCUT2D eigenvalue weighted by atomic mass is 9.93. The lowest BCUT2D eigenvalue weighted by molar-refractivity contribution is 0.0510. The van der Waals surface area contributed by atoms with E-state index in [1.165, 1.54) is 0 Å². The lowest BCUT2D eigenvalue weighted by Gasteiger charge is -2.29. The minimum Gasteiger partial charge on any atom is -0.381 e. The SMILES string of the molecule is Cc1nnc(Cl)n1C(C)C1CCOCC1. The molecule has 0 aliphatic carbocycles. The third-order valence-electron chi connectivity index (χ3n) is 3.18. The summed E-state index contributed by atoms with van der Waals surface area (Å²) in [7, 11) is 0. The lowest BCUT2D eigenvalue weighted by Crippen LogP contribution is -2.24. The number of aromatic nitrogens is 3. The maximum Gasteiger partial charge on any atom is 0.225 e. The van der Waals surface area contributed by atoms with Crippen molar-refractivity contribution in [1.82, 2.24) is 14.8 Å². The van der Waals surface area contributed by atoms with Crippen LogP contribution in [0.25, 0.3) is 0 Å². The molecule has 2 rings (SSSR count).